The van der Waals surface area contributed by atoms with Gasteiger partial charge in [0.1, 0.15) is 17.3 Å². The number of carbonyl (C=O) groups is 1. The van der Waals surface area contributed by atoms with Gasteiger partial charge in [-0.05, 0) is 48.5 Å². The third kappa shape index (κ3) is 6.45. The number of ether oxygens (including phenoxy) is 4. The first-order chi connectivity index (χ1) is 15.3. The summed E-state index contributed by atoms with van der Waals surface area (Å²) in [7, 11) is -2.73. The lowest BCUT2D eigenvalue weighted by Crippen LogP contribution is -2.46. The van der Waals surface area contributed by atoms with Crippen LogP contribution in [0.2, 0.25) is 0 Å². The normalized spacial score (nSPS) is 18.5. The number of sulfonamides is 1. The molecule has 2 N–H and O–H groups in total. The highest BCUT2D eigenvalue weighted by atomic mass is 32.2. The van der Waals surface area contributed by atoms with Crippen molar-refractivity contribution in [3.05, 3.63) is 54.3 Å². The zero-order chi connectivity index (χ0) is 23.1. The highest BCUT2D eigenvalue weighted by Gasteiger charge is 2.35. The van der Waals surface area contributed by atoms with Gasteiger partial charge in [0, 0.05) is 13.5 Å². The minimum Gasteiger partial charge on any atom is -0.457 e. The number of hydrazine groups is 1. The zero-order valence-electron chi connectivity index (χ0n) is 17.1. The summed E-state index contributed by atoms with van der Waals surface area (Å²) in [6.07, 6.45) is -0.478. The smallest absolute Gasteiger partial charge is 0.267 e. The Kier molecular flexibility index (Phi) is 8.12. The zero-order valence-corrected chi connectivity index (χ0v) is 18.0. The molecule has 3 rings (SSSR count). The maximum atomic E-state index is 13.0. The molecule has 0 aromatic heterocycles. The van der Waals surface area contributed by atoms with Crippen LogP contribution < -0.4 is 9.57 Å². The van der Waals surface area contributed by atoms with Crippen LogP contribution in [-0.4, -0.2) is 57.9 Å². The van der Waals surface area contributed by atoms with Gasteiger partial charge in [0.15, 0.2) is 6.29 Å². The van der Waals surface area contributed by atoms with E-state index in [4.69, 9.17) is 18.9 Å². The lowest BCUT2D eigenvalue weighted by molar-refractivity contribution is -0.177. The van der Waals surface area contributed by atoms with Gasteiger partial charge < -0.3 is 18.9 Å². The summed E-state index contributed by atoms with van der Waals surface area (Å²) in [6.45, 7) is 0.612. The summed E-state index contributed by atoms with van der Waals surface area (Å²) in [4.78, 5) is 13.9. The Morgan fingerprint density at radius 2 is 1.78 bits per heavy atom. The maximum absolute atomic E-state index is 13.0. The number of nitrogens with one attached hydrogen (secondary N) is 1. The van der Waals surface area contributed by atoms with E-state index in [2.05, 4.69) is 0 Å². The van der Waals surface area contributed by atoms with Crippen molar-refractivity contribution in [2.45, 2.75) is 17.6 Å². The molecule has 174 valence electrons. The number of hydrogen-bond acceptors (Lipinski definition) is 8. The summed E-state index contributed by atoms with van der Waals surface area (Å²) >= 11 is 0. The van der Waals surface area contributed by atoms with Crippen molar-refractivity contribution in [2.24, 2.45) is 5.92 Å². The molecule has 0 aliphatic carbocycles. The molecule has 1 saturated heterocycles. The summed E-state index contributed by atoms with van der Waals surface area (Å²) in [6, 6.07) is 10.5. The van der Waals surface area contributed by atoms with Crippen molar-refractivity contribution in [3.63, 3.8) is 0 Å². The van der Waals surface area contributed by atoms with E-state index >= 15 is 0 Å². The quantitative estimate of drug-likeness (QED) is 0.307. The molecule has 2 unspecified atom stereocenters. The highest BCUT2D eigenvalue weighted by Crippen LogP contribution is 2.24. The molecule has 1 heterocycles. The average molecular weight is 470 g/mol. The number of nitrogens with zero attached hydrogens (tertiary/aromatic N) is 1. The molecule has 0 saturated carbocycles. The predicted octanol–water partition coefficient (Wildman–Crippen LogP) is 2.05. The van der Waals surface area contributed by atoms with Crippen LogP contribution in [0.15, 0.2) is 53.4 Å². The van der Waals surface area contributed by atoms with Gasteiger partial charge in [-0.1, -0.05) is 4.83 Å². The van der Waals surface area contributed by atoms with Crippen LogP contribution in [0.3, 0.4) is 0 Å². The second-order valence-corrected chi connectivity index (χ2v) is 8.49. The Morgan fingerprint density at radius 1 is 1.16 bits per heavy atom. The van der Waals surface area contributed by atoms with Crippen LogP contribution in [0.1, 0.15) is 6.42 Å². The lowest BCUT2D eigenvalue weighted by Gasteiger charge is -2.18. The number of rotatable bonds is 10. The molecule has 32 heavy (non-hydrogen) atoms. The summed E-state index contributed by atoms with van der Waals surface area (Å²) in [5.41, 5.74) is 0. The van der Waals surface area contributed by atoms with E-state index in [1.165, 1.54) is 55.6 Å². The molecular formula is C20H23FN2O8S. The Morgan fingerprint density at radius 3 is 2.41 bits per heavy atom. The largest absolute Gasteiger partial charge is 0.457 e. The third-order valence-corrected chi connectivity index (χ3v) is 5.81. The van der Waals surface area contributed by atoms with Crippen LogP contribution in [0.4, 0.5) is 4.39 Å². The molecule has 0 spiro atoms. The molecule has 0 bridgehead atoms. The first-order valence-corrected chi connectivity index (χ1v) is 11.1. The van der Waals surface area contributed by atoms with E-state index in [0.717, 1.165) is 0 Å². The van der Waals surface area contributed by atoms with E-state index in [1.807, 2.05) is 0 Å². The van der Waals surface area contributed by atoms with E-state index in [1.54, 1.807) is 4.83 Å². The van der Waals surface area contributed by atoms with Crippen molar-refractivity contribution < 1.29 is 41.8 Å². The van der Waals surface area contributed by atoms with Crippen LogP contribution in [0.5, 0.6) is 11.5 Å². The van der Waals surface area contributed by atoms with Crippen molar-refractivity contribution in [2.75, 3.05) is 26.9 Å². The van der Waals surface area contributed by atoms with E-state index in [0.29, 0.717) is 18.1 Å². The van der Waals surface area contributed by atoms with Crippen LogP contribution in [-0.2, 0) is 29.0 Å². The number of methoxy groups -OCH3 is 1. The monoisotopic (exact) mass is 470 g/mol. The van der Waals surface area contributed by atoms with Gasteiger partial charge in [0.05, 0.1) is 30.6 Å². The molecule has 10 nitrogen and oxygen atoms in total. The first-order valence-electron chi connectivity index (χ1n) is 9.59. The van der Waals surface area contributed by atoms with Crippen LogP contribution in [0.25, 0.3) is 0 Å². The van der Waals surface area contributed by atoms with E-state index in [9.17, 15) is 22.8 Å². The molecule has 12 heteroatoms. The number of hydrogen-bond donors (Lipinski definition) is 2. The van der Waals surface area contributed by atoms with Crippen molar-refractivity contribution >= 4 is 15.9 Å². The molecule has 2 atom stereocenters. The summed E-state index contributed by atoms with van der Waals surface area (Å²) in [5, 5.41) is 9.90. The predicted molar refractivity (Wildman–Crippen MR) is 108 cm³/mol. The van der Waals surface area contributed by atoms with Gasteiger partial charge in [0.25, 0.3) is 15.9 Å². The minimum atomic E-state index is -4.25. The van der Waals surface area contributed by atoms with Gasteiger partial charge in [-0.25, -0.2) is 12.8 Å². The molecule has 1 aliphatic heterocycles. The molecule has 2 aromatic rings. The fraction of sp³-hybridized carbons (Fsp3) is 0.350. The van der Waals surface area contributed by atoms with Crippen molar-refractivity contribution in [1.82, 2.24) is 10.0 Å². The number of halogens is 1. The molecular weight excluding hydrogens is 447 g/mol. The number of amides is 1. The van der Waals surface area contributed by atoms with E-state index < -0.39 is 34.0 Å². The molecule has 2 aromatic carbocycles. The van der Waals surface area contributed by atoms with Gasteiger partial charge in [-0.15, -0.1) is 5.17 Å². The molecule has 0 radical (unpaired) electrons. The average Bonchev–Trinajstić information content (AvgIpc) is 3.24. The van der Waals surface area contributed by atoms with Gasteiger partial charge in [-0.2, -0.15) is 0 Å². The van der Waals surface area contributed by atoms with Crippen molar-refractivity contribution in [1.29, 1.82) is 0 Å². The van der Waals surface area contributed by atoms with Gasteiger partial charge in [0.2, 0.25) is 0 Å². The molecule has 1 amide bonds. The standard InChI is InChI=1S/C20H23FN2O8S/c1-28-10-11-29-19-12-14(13-30-19)20(24)23(25)22-32(26,27)18-8-6-17(7-9-18)31-16-4-2-15(21)3-5-16/h2-9,14,19,22,25H,10-13H2,1H3. The minimum absolute atomic E-state index is 0.0231. The number of carbonyl (C=O) groups excluding carboxylic acids is 1. The van der Waals surface area contributed by atoms with Crippen molar-refractivity contribution in [3.8, 4) is 11.5 Å². The van der Waals surface area contributed by atoms with Crippen LogP contribution >= 0.6 is 0 Å². The number of hydroxylamine groups is 1. The topological polar surface area (TPSA) is 124 Å². The Balaban J connectivity index is 1.55. The SMILES string of the molecule is COCCOC1CC(C(=O)N(O)NS(=O)(=O)c2ccc(Oc3ccc(F)cc3)cc2)CO1. The summed E-state index contributed by atoms with van der Waals surface area (Å²) in [5.74, 6) is -1.37. The van der Waals surface area contributed by atoms with Gasteiger partial charge >= 0.3 is 0 Å². The lowest BCUT2D eigenvalue weighted by atomic mass is 10.1. The Bertz CT molecular complexity index is 1000. The van der Waals surface area contributed by atoms with E-state index in [-0.39, 0.29) is 29.7 Å². The fourth-order valence-corrected chi connectivity index (χ4v) is 3.77. The summed E-state index contributed by atoms with van der Waals surface area (Å²) < 4.78 is 59.0. The third-order valence-electron chi connectivity index (χ3n) is 4.50. The Labute approximate surface area is 184 Å². The van der Waals surface area contributed by atoms with Crippen LogP contribution in [0, 0.1) is 11.7 Å². The number of benzene rings is 2. The molecule has 1 fully saturated rings. The highest BCUT2D eigenvalue weighted by molar-refractivity contribution is 7.89. The second-order valence-electron chi connectivity index (χ2n) is 6.83. The van der Waals surface area contributed by atoms with Gasteiger partial charge in [-0.3, -0.25) is 10.0 Å². The fourth-order valence-electron chi connectivity index (χ4n) is 2.85. The maximum Gasteiger partial charge on any atom is 0.267 e. The Hall–Kier alpha value is -2.61. The first kappa shape index (κ1) is 24.0. The second kappa shape index (κ2) is 10.8. The molecule has 1 aliphatic rings.